The van der Waals surface area contributed by atoms with E-state index in [-0.39, 0.29) is 13.2 Å². The van der Waals surface area contributed by atoms with Gasteiger partial charge in [0, 0.05) is 19.8 Å². The molecule has 0 heterocycles. The maximum absolute atomic E-state index is 9.35. The number of rotatable bonds is 4. The van der Waals surface area contributed by atoms with E-state index < -0.39 is 0 Å². The molecule has 2 aromatic carbocycles. The van der Waals surface area contributed by atoms with E-state index in [1.807, 2.05) is 12.1 Å². The van der Waals surface area contributed by atoms with Crippen molar-refractivity contribution in [1.82, 2.24) is 0 Å². The van der Waals surface area contributed by atoms with Gasteiger partial charge in [-0.15, -0.1) is 0 Å². The van der Waals surface area contributed by atoms with Crippen molar-refractivity contribution in [2.24, 2.45) is 0 Å². The molecule has 2 aromatic rings. The fourth-order valence-corrected chi connectivity index (χ4v) is 3.07. The maximum Gasteiger partial charge on any atom is 0.0693 e. The second kappa shape index (κ2) is 6.64. The van der Waals surface area contributed by atoms with E-state index in [4.69, 9.17) is 23.2 Å². The normalized spacial score (nSPS) is 10.7. The lowest BCUT2D eigenvalue weighted by Gasteiger charge is -2.11. The van der Waals surface area contributed by atoms with Crippen LogP contribution >= 0.6 is 35.0 Å². The van der Waals surface area contributed by atoms with E-state index in [1.54, 1.807) is 24.3 Å². The van der Waals surface area contributed by atoms with E-state index in [0.29, 0.717) is 10.0 Å². The molecule has 0 aliphatic heterocycles. The Labute approximate surface area is 126 Å². The number of aliphatic hydroxyl groups excluding tert-OH is 2. The Hall–Kier alpha value is -0.710. The molecule has 19 heavy (non-hydrogen) atoms. The maximum atomic E-state index is 9.35. The highest BCUT2D eigenvalue weighted by molar-refractivity contribution is 7.99. The summed E-state index contributed by atoms with van der Waals surface area (Å²) in [6, 6.07) is 10.7. The van der Waals surface area contributed by atoms with Crippen LogP contribution in [-0.2, 0) is 13.2 Å². The minimum Gasteiger partial charge on any atom is -0.392 e. The molecule has 0 bridgehead atoms. The molecule has 0 amide bonds. The molecule has 0 aliphatic rings. The van der Waals surface area contributed by atoms with Crippen LogP contribution in [0.15, 0.2) is 46.2 Å². The zero-order valence-corrected chi connectivity index (χ0v) is 12.3. The van der Waals surface area contributed by atoms with Gasteiger partial charge in [-0.05, 0) is 47.5 Å². The van der Waals surface area contributed by atoms with Crippen molar-refractivity contribution in [3.63, 3.8) is 0 Å². The van der Waals surface area contributed by atoms with Crippen LogP contribution in [0, 0.1) is 0 Å². The molecule has 2 rings (SSSR count). The van der Waals surface area contributed by atoms with Gasteiger partial charge in [0.25, 0.3) is 0 Å². The van der Waals surface area contributed by atoms with Crippen molar-refractivity contribution in [2.75, 3.05) is 0 Å². The summed E-state index contributed by atoms with van der Waals surface area (Å²) in [5.74, 6) is 0. The first-order chi connectivity index (χ1) is 9.13. The molecule has 2 N–H and O–H groups in total. The smallest absolute Gasteiger partial charge is 0.0693 e. The summed E-state index contributed by atoms with van der Waals surface area (Å²) < 4.78 is 0. The molecule has 0 saturated heterocycles. The van der Waals surface area contributed by atoms with Crippen LogP contribution in [0.3, 0.4) is 0 Å². The first kappa shape index (κ1) is 14.7. The van der Waals surface area contributed by atoms with Gasteiger partial charge in [0.05, 0.1) is 13.2 Å². The zero-order valence-electron chi connectivity index (χ0n) is 9.94. The van der Waals surface area contributed by atoms with Crippen LogP contribution < -0.4 is 0 Å². The van der Waals surface area contributed by atoms with E-state index in [1.165, 1.54) is 11.8 Å². The predicted molar refractivity (Wildman–Crippen MR) is 78.9 cm³/mol. The Kier molecular flexibility index (Phi) is 5.13. The quantitative estimate of drug-likeness (QED) is 0.891. The van der Waals surface area contributed by atoms with Gasteiger partial charge in [-0.25, -0.2) is 0 Å². The predicted octanol–water partition coefficient (Wildman–Crippen LogP) is 4.13. The Morgan fingerprint density at radius 3 is 1.58 bits per heavy atom. The zero-order chi connectivity index (χ0) is 13.8. The summed E-state index contributed by atoms with van der Waals surface area (Å²) in [4.78, 5) is 1.81. The molecule has 0 radical (unpaired) electrons. The molecule has 0 aliphatic carbocycles. The lowest BCUT2D eigenvalue weighted by molar-refractivity contribution is 0.278. The molecule has 2 nitrogen and oxygen atoms in total. The highest BCUT2D eigenvalue weighted by Gasteiger charge is 2.08. The molecule has 0 saturated carbocycles. The molecule has 0 spiro atoms. The van der Waals surface area contributed by atoms with Crippen LogP contribution in [0.25, 0.3) is 0 Å². The number of aliphatic hydroxyl groups is 2. The third-order valence-corrected chi connectivity index (χ3v) is 4.31. The SMILES string of the molecule is OCc1cc(Cl)ccc1Sc1ccc(Cl)cc1CO. The Balaban J connectivity index is 2.36. The van der Waals surface area contributed by atoms with Gasteiger partial charge in [0.15, 0.2) is 0 Å². The number of benzene rings is 2. The van der Waals surface area contributed by atoms with Gasteiger partial charge in [0.1, 0.15) is 0 Å². The topological polar surface area (TPSA) is 40.5 Å². The van der Waals surface area contributed by atoms with Crippen LogP contribution in [0.2, 0.25) is 10.0 Å². The third-order valence-electron chi connectivity index (χ3n) is 2.61. The van der Waals surface area contributed by atoms with Crippen molar-refractivity contribution >= 4 is 35.0 Å². The summed E-state index contributed by atoms with van der Waals surface area (Å²) in [5, 5.41) is 19.9. The van der Waals surface area contributed by atoms with Crippen LogP contribution in [0.4, 0.5) is 0 Å². The van der Waals surface area contributed by atoms with E-state index in [9.17, 15) is 10.2 Å². The van der Waals surface area contributed by atoms with E-state index in [0.717, 1.165) is 20.9 Å². The lowest BCUT2D eigenvalue weighted by Crippen LogP contribution is -1.91. The summed E-state index contributed by atoms with van der Waals surface area (Å²) in [5.41, 5.74) is 1.52. The largest absolute Gasteiger partial charge is 0.392 e. The van der Waals surface area contributed by atoms with Gasteiger partial charge in [-0.1, -0.05) is 35.0 Å². The van der Waals surface area contributed by atoms with Gasteiger partial charge >= 0.3 is 0 Å². The highest BCUT2D eigenvalue weighted by atomic mass is 35.5. The fourth-order valence-electron chi connectivity index (χ4n) is 1.66. The standard InChI is InChI=1S/C14H12Cl2O2S/c15-11-1-3-13(9(5-11)7-17)19-14-4-2-12(16)6-10(14)8-18/h1-6,17-18H,7-8H2. The summed E-state index contributed by atoms with van der Waals surface area (Å²) >= 11 is 13.3. The molecular weight excluding hydrogens is 303 g/mol. The lowest BCUT2D eigenvalue weighted by atomic mass is 10.2. The van der Waals surface area contributed by atoms with Gasteiger partial charge < -0.3 is 10.2 Å². The molecule has 0 unspecified atom stereocenters. The Morgan fingerprint density at radius 1 is 0.789 bits per heavy atom. The second-order valence-corrected chi connectivity index (χ2v) is 5.88. The molecule has 0 atom stereocenters. The monoisotopic (exact) mass is 314 g/mol. The number of hydrogen-bond acceptors (Lipinski definition) is 3. The first-order valence-corrected chi connectivity index (χ1v) is 7.17. The summed E-state index contributed by atoms with van der Waals surface area (Å²) in [6.45, 7) is -0.157. The number of hydrogen-bond donors (Lipinski definition) is 2. The molecule has 100 valence electrons. The summed E-state index contributed by atoms with van der Waals surface area (Å²) in [7, 11) is 0. The Bertz CT molecular complexity index is 536. The minimum atomic E-state index is -0.0784. The third kappa shape index (κ3) is 3.65. The average Bonchev–Trinajstić information content (AvgIpc) is 2.42. The molecular formula is C14H12Cl2O2S. The Morgan fingerprint density at radius 2 is 1.21 bits per heavy atom. The van der Waals surface area contributed by atoms with Crippen LogP contribution in [0.1, 0.15) is 11.1 Å². The van der Waals surface area contributed by atoms with Gasteiger partial charge in [-0.2, -0.15) is 0 Å². The molecule has 0 fully saturated rings. The van der Waals surface area contributed by atoms with Gasteiger partial charge in [0.2, 0.25) is 0 Å². The van der Waals surface area contributed by atoms with Crippen molar-refractivity contribution in [2.45, 2.75) is 23.0 Å². The minimum absolute atomic E-state index is 0.0784. The van der Waals surface area contributed by atoms with Crippen molar-refractivity contribution in [3.8, 4) is 0 Å². The molecule has 0 aromatic heterocycles. The average molecular weight is 315 g/mol. The second-order valence-electron chi connectivity index (χ2n) is 3.92. The van der Waals surface area contributed by atoms with Crippen molar-refractivity contribution in [3.05, 3.63) is 57.6 Å². The first-order valence-electron chi connectivity index (χ1n) is 5.60. The highest BCUT2D eigenvalue weighted by Crippen LogP contribution is 2.35. The van der Waals surface area contributed by atoms with Crippen LogP contribution in [-0.4, -0.2) is 10.2 Å². The van der Waals surface area contributed by atoms with Crippen molar-refractivity contribution in [1.29, 1.82) is 0 Å². The van der Waals surface area contributed by atoms with E-state index in [2.05, 4.69) is 0 Å². The van der Waals surface area contributed by atoms with Crippen molar-refractivity contribution < 1.29 is 10.2 Å². The molecule has 5 heteroatoms. The van der Waals surface area contributed by atoms with Crippen LogP contribution in [0.5, 0.6) is 0 Å². The van der Waals surface area contributed by atoms with E-state index >= 15 is 0 Å². The number of halogens is 2. The fraction of sp³-hybridized carbons (Fsp3) is 0.143. The van der Waals surface area contributed by atoms with Gasteiger partial charge in [-0.3, -0.25) is 0 Å². The summed E-state index contributed by atoms with van der Waals surface area (Å²) in [6.07, 6.45) is 0.